The van der Waals surface area contributed by atoms with E-state index < -0.39 is 0 Å². The topological polar surface area (TPSA) is 17.8 Å². The van der Waals surface area contributed by atoms with Gasteiger partial charge in [0.05, 0.1) is 6.20 Å². The van der Waals surface area contributed by atoms with Crippen molar-refractivity contribution >= 4 is 47.8 Å². The number of hydrogen-bond donors (Lipinski definition) is 0. The molecule has 0 saturated carbocycles. The van der Waals surface area contributed by atoms with E-state index in [2.05, 4.69) is 77.3 Å². The zero-order valence-corrected chi connectivity index (χ0v) is 15.4. The lowest BCUT2D eigenvalue weighted by molar-refractivity contribution is 0.548. The molecule has 1 aromatic heterocycles. The SMILES string of the molecule is Cn1cc(CC(CBr)(CBr)c2ccccc2Br)cn1. The number of alkyl halides is 2. The second-order valence-corrected chi connectivity index (χ2v) is 6.70. The van der Waals surface area contributed by atoms with Crippen LogP contribution in [0.25, 0.3) is 0 Å². The summed E-state index contributed by atoms with van der Waals surface area (Å²) in [6.07, 6.45) is 4.97. The van der Waals surface area contributed by atoms with Gasteiger partial charge in [-0.1, -0.05) is 66.0 Å². The third-order valence-corrected chi connectivity index (χ3v) is 6.10. The second kappa shape index (κ2) is 6.55. The molecule has 0 fully saturated rings. The second-order valence-electron chi connectivity index (χ2n) is 4.73. The summed E-state index contributed by atoms with van der Waals surface area (Å²) in [5, 5.41) is 6.04. The Hall–Kier alpha value is -0.130. The van der Waals surface area contributed by atoms with E-state index >= 15 is 0 Å². The molecule has 0 saturated heterocycles. The molecule has 5 heteroatoms. The lowest BCUT2D eigenvalue weighted by atomic mass is 9.80. The highest BCUT2D eigenvalue weighted by Crippen LogP contribution is 2.36. The lowest BCUT2D eigenvalue weighted by Gasteiger charge is -2.31. The first kappa shape index (κ1) is 15.3. The molecule has 0 N–H and O–H groups in total. The van der Waals surface area contributed by atoms with Crippen LogP contribution in [0.1, 0.15) is 11.1 Å². The number of aryl methyl sites for hydroxylation is 1. The maximum atomic E-state index is 4.26. The summed E-state index contributed by atoms with van der Waals surface area (Å²) in [4.78, 5) is 0. The number of rotatable bonds is 5. The van der Waals surface area contributed by atoms with Gasteiger partial charge in [0.1, 0.15) is 0 Å². The van der Waals surface area contributed by atoms with Crippen molar-refractivity contribution in [1.29, 1.82) is 0 Å². The van der Waals surface area contributed by atoms with Gasteiger partial charge in [-0.2, -0.15) is 5.10 Å². The molecule has 2 aromatic rings. The van der Waals surface area contributed by atoms with E-state index in [1.54, 1.807) is 0 Å². The molecule has 0 unspecified atom stereocenters. The number of halogens is 3. The zero-order valence-electron chi connectivity index (χ0n) is 10.6. The molecule has 0 amide bonds. The van der Waals surface area contributed by atoms with Crippen molar-refractivity contribution in [3.8, 4) is 0 Å². The molecule has 0 radical (unpaired) electrons. The number of hydrogen-bond acceptors (Lipinski definition) is 1. The lowest BCUT2D eigenvalue weighted by Crippen LogP contribution is -2.33. The standard InChI is InChI=1S/C14H15Br3N2/c1-19-8-11(7-18-19)6-14(9-15,10-16)12-4-2-3-5-13(12)17/h2-5,7-8H,6,9-10H2,1H3. The van der Waals surface area contributed by atoms with Gasteiger partial charge in [-0.3, -0.25) is 4.68 Å². The van der Waals surface area contributed by atoms with Gasteiger partial charge in [0.2, 0.25) is 0 Å². The Labute approximate surface area is 139 Å². The van der Waals surface area contributed by atoms with Crippen LogP contribution < -0.4 is 0 Å². The van der Waals surface area contributed by atoms with E-state index in [0.29, 0.717) is 0 Å². The molecule has 2 nitrogen and oxygen atoms in total. The summed E-state index contributed by atoms with van der Waals surface area (Å²) in [6, 6.07) is 8.41. The van der Waals surface area contributed by atoms with Gasteiger partial charge in [0.25, 0.3) is 0 Å². The summed E-state index contributed by atoms with van der Waals surface area (Å²) in [5.41, 5.74) is 2.58. The van der Waals surface area contributed by atoms with Crippen molar-refractivity contribution in [2.45, 2.75) is 11.8 Å². The highest BCUT2D eigenvalue weighted by molar-refractivity contribution is 9.10. The van der Waals surface area contributed by atoms with Gasteiger partial charge in [0.15, 0.2) is 0 Å². The fraction of sp³-hybridized carbons (Fsp3) is 0.357. The average molecular weight is 451 g/mol. The summed E-state index contributed by atoms with van der Waals surface area (Å²) in [6.45, 7) is 0. The van der Waals surface area contributed by atoms with Gasteiger partial charge in [-0.05, 0) is 23.6 Å². The minimum atomic E-state index is 0.0170. The zero-order chi connectivity index (χ0) is 13.9. The van der Waals surface area contributed by atoms with E-state index in [-0.39, 0.29) is 5.41 Å². The minimum absolute atomic E-state index is 0.0170. The fourth-order valence-electron chi connectivity index (χ4n) is 2.21. The normalized spacial score (nSPS) is 11.8. The molecule has 2 rings (SSSR count). The predicted molar refractivity (Wildman–Crippen MR) is 90.3 cm³/mol. The van der Waals surface area contributed by atoms with E-state index in [4.69, 9.17) is 0 Å². The van der Waals surface area contributed by atoms with Crippen molar-refractivity contribution in [2.24, 2.45) is 7.05 Å². The first-order valence-electron chi connectivity index (χ1n) is 5.96. The van der Waals surface area contributed by atoms with Crippen molar-refractivity contribution in [3.05, 3.63) is 52.3 Å². The van der Waals surface area contributed by atoms with Crippen LogP contribution in [0.2, 0.25) is 0 Å². The van der Waals surface area contributed by atoms with Crippen molar-refractivity contribution in [2.75, 3.05) is 10.7 Å². The highest BCUT2D eigenvalue weighted by Gasteiger charge is 2.32. The van der Waals surface area contributed by atoms with E-state index in [0.717, 1.165) is 21.6 Å². The molecular formula is C14H15Br3N2. The Morgan fingerprint density at radius 1 is 1.21 bits per heavy atom. The molecule has 1 aromatic carbocycles. The van der Waals surface area contributed by atoms with E-state index in [1.165, 1.54) is 11.1 Å². The first-order chi connectivity index (χ1) is 9.11. The van der Waals surface area contributed by atoms with Gasteiger partial charge in [-0.25, -0.2) is 0 Å². The highest BCUT2D eigenvalue weighted by atomic mass is 79.9. The quantitative estimate of drug-likeness (QED) is 0.615. The Balaban J connectivity index is 2.40. The van der Waals surface area contributed by atoms with Crippen molar-refractivity contribution in [1.82, 2.24) is 9.78 Å². The molecule has 19 heavy (non-hydrogen) atoms. The molecule has 0 aliphatic carbocycles. The molecular weight excluding hydrogens is 436 g/mol. The van der Waals surface area contributed by atoms with Crippen LogP contribution in [0.4, 0.5) is 0 Å². The maximum absolute atomic E-state index is 4.26. The molecule has 0 spiro atoms. The van der Waals surface area contributed by atoms with Gasteiger partial charge < -0.3 is 0 Å². The van der Waals surface area contributed by atoms with Crippen LogP contribution in [-0.4, -0.2) is 20.4 Å². The molecule has 102 valence electrons. The van der Waals surface area contributed by atoms with Crippen molar-refractivity contribution in [3.63, 3.8) is 0 Å². The van der Waals surface area contributed by atoms with E-state index in [9.17, 15) is 0 Å². The van der Waals surface area contributed by atoms with Gasteiger partial charge in [0, 0.05) is 33.8 Å². The maximum Gasteiger partial charge on any atom is 0.0521 e. The summed E-state index contributed by atoms with van der Waals surface area (Å²) in [7, 11) is 1.95. The molecule has 0 atom stereocenters. The molecule has 0 aliphatic heterocycles. The van der Waals surface area contributed by atoms with Crippen LogP contribution >= 0.6 is 47.8 Å². The van der Waals surface area contributed by atoms with E-state index in [1.807, 2.05) is 24.0 Å². The third kappa shape index (κ3) is 3.31. The molecule has 0 aliphatic rings. The van der Waals surface area contributed by atoms with Crippen molar-refractivity contribution < 1.29 is 0 Å². The Morgan fingerprint density at radius 3 is 2.42 bits per heavy atom. The number of aromatic nitrogens is 2. The van der Waals surface area contributed by atoms with Gasteiger partial charge >= 0.3 is 0 Å². The number of nitrogens with zero attached hydrogens (tertiary/aromatic N) is 2. The Morgan fingerprint density at radius 2 is 1.89 bits per heavy atom. The summed E-state index contributed by atoms with van der Waals surface area (Å²) >= 11 is 11.1. The van der Waals surface area contributed by atoms with Crippen LogP contribution in [0.5, 0.6) is 0 Å². The monoisotopic (exact) mass is 448 g/mol. The van der Waals surface area contributed by atoms with Crippen LogP contribution in [0.3, 0.4) is 0 Å². The average Bonchev–Trinajstić information content (AvgIpc) is 2.82. The predicted octanol–water partition coefficient (Wildman–Crippen LogP) is 4.45. The fourth-order valence-corrected chi connectivity index (χ4v) is 4.85. The van der Waals surface area contributed by atoms with Crippen LogP contribution in [0, 0.1) is 0 Å². The third-order valence-electron chi connectivity index (χ3n) is 3.26. The van der Waals surface area contributed by atoms with Crippen LogP contribution in [-0.2, 0) is 18.9 Å². The Bertz CT molecular complexity index is 547. The summed E-state index contributed by atoms with van der Waals surface area (Å²) < 4.78 is 3.00. The minimum Gasteiger partial charge on any atom is -0.276 e. The first-order valence-corrected chi connectivity index (χ1v) is 8.99. The summed E-state index contributed by atoms with van der Waals surface area (Å²) in [5.74, 6) is 0. The van der Waals surface area contributed by atoms with Crippen LogP contribution in [0.15, 0.2) is 41.1 Å². The Kier molecular flexibility index (Phi) is 5.26. The van der Waals surface area contributed by atoms with Gasteiger partial charge in [-0.15, -0.1) is 0 Å². The largest absolute Gasteiger partial charge is 0.276 e. The number of benzene rings is 1. The smallest absolute Gasteiger partial charge is 0.0521 e. The molecule has 1 heterocycles. The molecule has 0 bridgehead atoms.